The van der Waals surface area contributed by atoms with Crippen molar-refractivity contribution in [1.29, 1.82) is 0 Å². The van der Waals surface area contributed by atoms with E-state index in [9.17, 15) is 14.7 Å². The molecule has 0 atom stereocenters. The van der Waals surface area contributed by atoms with Crippen LogP contribution < -0.4 is 0 Å². The fraction of sp³-hybridized carbons (Fsp3) is 0.182. The highest BCUT2D eigenvalue weighted by Crippen LogP contribution is 2.14. The molecule has 1 rings (SSSR count). The van der Waals surface area contributed by atoms with Gasteiger partial charge in [-0.15, -0.1) is 6.58 Å². The molecule has 0 aliphatic carbocycles. The number of hydrogen-bond acceptors (Lipinski definition) is 4. The standard InChI is InChI=1S/C11H12N2O4/c1-2-6-13(7-9(15)16)11(17)10-8(14)4-3-5-12-10/h2-5,14H,1,6-7H2,(H,15,16). The zero-order valence-electron chi connectivity index (χ0n) is 9.04. The number of nitrogens with zero attached hydrogens (tertiary/aromatic N) is 2. The fourth-order valence-electron chi connectivity index (χ4n) is 1.25. The number of amides is 1. The molecule has 0 fully saturated rings. The van der Waals surface area contributed by atoms with Crippen LogP contribution in [0, 0.1) is 0 Å². The lowest BCUT2D eigenvalue weighted by atomic mass is 10.3. The van der Waals surface area contributed by atoms with Gasteiger partial charge in [0.2, 0.25) is 0 Å². The van der Waals surface area contributed by atoms with E-state index in [2.05, 4.69) is 11.6 Å². The Balaban J connectivity index is 2.95. The van der Waals surface area contributed by atoms with Gasteiger partial charge in [-0.2, -0.15) is 0 Å². The molecule has 0 aromatic carbocycles. The van der Waals surface area contributed by atoms with Crippen molar-refractivity contribution in [3.8, 4) is 5.75 Å². The van der Waals surface area contributed by atoms with E-state index in [1.54, 1.807) is 0 Å². The minimum Gasteiger partial charge on any atom is -0.505 e. The minimum atomic E-state index is -1.14. The van der Waals surface area contributed by atoms with E-state index in [0.29, 0.717) is 0 Å². The van der Waals surface area contributed by atoms with E-state index < -0.39 is 18.4 Å². The topological polar surface area (TPSA) is 90.7 Å². The summed E-state index contributed by atoms with van der Waals surface area (Å²) in [4.78, 5) is 27.2. The first kappa shape index (κ1) is 12.7. The lowest BCUT2D eigenvalue weighted by Crippen LogP contribution is -2.36. The van der Waals surface area contributed by atoms with Crippen molar-refractivity contribution in [2.45, 2.75) is 0 Å². The quantitative estimate of drug-likeness (QED) is 0.726. The Morgan fingerprint density at radius 2 is 2.24 bits per heavy atom. The Kier molecular flexibility index (Phi) is 4.21. The number of aliphatic carboxylic acids is 1. The summed E-state index contributed by atoms with van der Waals surface area (Å²) in [6.45, 7) is 3.04. The van der Waals surface area contributed by atoms with Crippen LogP contribution in [0.5, 0.6) is 5.75 Å². The molecule has 2 N–H and O–H groups in total. The molecule has 0 saturated carbocycles. The van der Waals surface area contributed by atoms with Crippen molar-refractivity contribution in [3.63, 3.8) is 0 Å². The fourth-order valence-corrected chi connectivity index (χ4v) is 1.25. The highest BCUT2D eigenvalue weighted by molar-refractivity contribution is 5.96. The number of aromatic nitrogens is 1. The Bertz CT molecular complexity index is 445. The summed E-state index contributed by atoms with van der Waals surface area (Å²) in [7, 11) is 0. The van der Waals surface area contributed by atoms with E-state index >= 15 is 0 Å². The first-order valence-corrected chi connectivity index (χ1v) is 4.82. The molecule has 0 bridgehead atoms. The molecule has 0 saturated heterocycles. The van der Waals surface area contributed by atoms with E-state index in [1.807, 2.05) is 0 Å². The molecule has 0 radical (unpaired) electrons. The number of carboxylic acids is 1. The smallest absolute Gasteiger partial charge is 0.323 e. The van der Waals surface area contributed by atoms with Crippen molar-refractivity contribution >= 4 is 11.9 Å². The number of carbonyl (C=O) groups is 2. The molecule has 0 spiro atoms. The average Bonchev–Trinajstić information content (AvgIpc) is 2.28. The molecule has 1 aromatic rings. The molecule has 0 aliphatic heterocycles. The molecule has 6 heteroatoms. The van der Waals surface area contributed by atoms with E-state index in [4.69, 9.17) is 5.11 Å². The number of carboxylic acid groups (broad SMARTS) is 1. The zero-order valence-corrected chi connectivity index (χ0v) is 9.04. The summed E-state index contributed by atoms with van der Waals surface area (Å²) >= 11 is 0. The van der Waals surface area contributed by atoms with Crippen molar-refractivity contribution in [2.24, 2.45) is 0 Å². The number of aromatic hydroxyl groups is 1. The number of carbonyl (C=O) groups excluding carboxylic acids is 1. The lowest BCUT2D eigenvalue weighted by Gasteiger charge is -2.18. The molecular formula is C11H12N2O4. The van der Waals surface area contributed by atoms with E-state index in [0.717, 1.165) is 4.90 Å². The number of rotatable bonds is 5. The SMILES string of the molecule is C=CCN(CC(=O)O)C(=O)c1ncccc1O. The number of hydrogen-bond donors (Lipinski definition) is 2. The van der Waals surface area contributed by atoms with Gasteiger partial charge in [0, 0.05) is 12.7 Å². The third kappa shape index (κ3) is 3.30. The van der Waals surface area contributed by atoms with Gasteiger partial charge in [0.05, 0.1) is 0 Å². The molecule has 1 aromatic heterocycles. The van der Waals surface area contributed by atoms with Crippen LogP contribution in [0.1, 0.15) is 10.5 Å². The zero-order chi connectivity index (χ0) is 12.8. The predicted octanol–water partition coefficient (Wildman–Crippen LogP) is 0.500. The molecule has 6 nitrogen and oxygen atoms in total. The van der Waals surface area contributed by atoms with E-state index in [1.165, 1.54) is 24.4 Å². The number of pyridine rings is 1. The maximum absolute atomic E-state index is 11.9. The van der Waals surface area contributed by atoms with Crippen LogP contribution in [0.2, 0.25) is 0 Å². The van der Waals surface area contributed by atoms with Crippen molar-refractivity contribution in [3.05, 3.63) is 36.7 Å². The van der Waals surface area contributed by atoms with Crippen LogP contribution in [0.25, 0.3) is 0 Å². The van der Waals surface area contributed by atoms with Gasteiger partial charge < -0.3 is 15.1 Å². The van der Waals surface area contributed by atoms with Gasteiger partial charge in [0.25, 0.3) is 5.91 Å². The van der Waals surface area contributed by atoms with Crippen LogP contribution in [0.15, 0.2) is 31.0 Å². The lowest BCUT2D eigenvalue weighted by molar-refractivity contribution is -0.137. The van der Waals surface area contributed by atoms with Gasteiger partial charge in [-0.1, -0.05) is 6.08 Å². The monoisotopic (exact) mass is 236 g/mol. The van der Waals surface area contributed by atoms with Gasteiger partial charge in [0.15, 0.2) is 5.69 Å². The summed E-state index contributed by atoms with van der Waals surface area (Å²) in [5.41, 5.74) is -0.171. The van der Waals surface area contributed by atoms with E-state index in [-0.39, 0.29) is 18.0 Å². The van der Waals surface area contributed by atoms with Gasteiger partial charge >= 0.3 is 5.97 Å². The summed E-state index contributed by atoms with van der Waals surface area (Å²) < 4.78 is 0. The highest BCUT2D eigenvalue weighted by Gasteiger charge is 2.21. The average molecular weight is 236 g/mol. The first-order chi connectivity index (χ1) is 8.06. The summed E-state index contributed by atoms with van der Waals surface area (Å²) in [6.07, 6.45) is 2.75. The Hall–Kier alpha value is -2.37. The maximum atomic E-state index is 11.9. The molecule has 0 aliphatic rings. The Morgan fingerprint density at radius 1 is 1.53 bits per heavy atom. The Morgan fingerprint density at radius 3 is 2.76 bits per heavy atom. The van der Waals surface area contributed by atoms with Gasteiger partial charge in [0.1, 0.15) is 12.3 Å². The molecule has 90 valence electrons. The molecule has 0 unspecified atom stereocenters. The molecule has 17 heavy (non-hydrogen) atoms. The second kappa shape index (κ2) is 5.64. The second-order valence-corrected chi connectivity index (χ2v) is 3.24. The van der Waals surface area contributed by atoms with Crippen LogP contribution in [-0.2, 0) is 4.79 Å². The van der Waals surface area contributed by atoms with Crippen molar-refractivity contribution in [2.75, 3.05) is 13.1 Å². The summed E-state index contributed by atoms with van der Waals surface area (Å²) in [6, 6.07) is 2.79. The maximum Gasteiger partial charge on any atom is 0.323 e. The van der Waals surface area contributed by atoms with Crippen LogP contribution in [-0.4, -0.2) is 45.1 Å². The summed E-state index contributed by atoms with van der Waals surface area (Å²) in [5, 5.41) is 18.1. The third-order valence-electron chi connectivity index (χ3n) is 1.95. The van der Waals surface area contributed by atoms with Gasteiger partial charge in [-0.25, -0.2) is 4.98 Å². The minimum absolute atomic E-state index is 0.0706. The predicted molar refractivity (Wildman–Crippen MR) is 59.6 cm³/mol. The van der Waals surface area contributed by atoms with Crippen molar-refractivity contribution < 1.29 is 19.8 Å². The van der Waals surface area contributed by atoms with Crippen LogP contribution in [0.4, 0.5) is 0 Å². The Labute approximate surface area is 97.8 Å². The largest absolute Gasteiger partial charge is 0.505 e. The highest BCUT2D eigenvalue weighted by atomic mass is 16.4. The van der Waals surface area contributed by atoms with Crippen LogP contribution >= 0.6 is 0 Å². The first-order valence-electron chi connectivity index (χ1n) is 4.82. The molecular weight excluding hydrogens is 224 g/mol. The molecule has 1 amide bonds. The molecule has 1 heterocycles. The normalized spacial score (nSPS) is 9.65. The van der Waals surface area contributed by atoms with Gasteiger partial charge in [-0.3, -0.25) is 9.59 Å². The van der Waals surface area contributed by atoms with Crippen LogP contribution in [0.3, 0.4) is 0 Å². The summed E-state index contributed by atoms with van der Waals surface area (Å²) in [5.74, 6) is -2.07. The van der Waals surface area contributed by atoms with Crippen molar-refractivity contribution in [1.82, 2.24) is 9.88 Å². The second-order valence-electron chi connectivity index (χ2n) is 3.24. The third-order valence-corrected chi connectivity index (χ3v) is 1.95. The van der Waals surface area contributed by atoms with Gasteiger partial charge in [-0.05, 0) is 12.1 Å².